The number of nitrogens with zero attached hydrogens (tertiary/aromatic N) is 1. The van der Waals surface area contributed by atoms with E-state index in [1.54, 1.807) is 41.2 Å². The van der Waals surface area contributed by atoms with E-state index < -0.39 is 11.8 Å². The Morgan fingerprint density at radius 3 is 2.74 bits per heavy atom. The van der Waals surface area contributed by atoms with Crippen LogP contribution in [0.25, 0.3) is 10.9 Å². The number of fused-ring (bicyclic) bond motifs is 1. The minimum absolute atomic E-state index is 0.0577. The Bertz CT molecular complexity index is 1240. The average Bonchev–Trinajstić information content (AvgIpc) is 3.36. The topological polar surface area (TPSA) is 66.3 Å². The summed E-state index contributed by atoms with van der Waals surface area (Å²) in [6, 6.07) is 13.5. The zero-order valence-electron chi connectivity index (χ0n) is 16.7. The van der Waals surface area contributed by atoms with E-state index in [1.807, 2.05) is 23.6 Å². The second-order valence-corrected chi connectivity index (χ2v) is 8.44. The fraction of sp³-hybridized carbons (Fsp3) is 0.174. The number of hydrogen-bond acceptors (Lipinski definition) is 5. The summed E-state index contributed by atoms with van der Waals surface area (Å²) in [6.45, 7) is 1.11. The highest BCUT2D eigenvalue weighted by Crippen LogP contribution is 2.31. The summed E-state index contributed by atoms with van der Waals surface area (Å²) < 4.78 is 20.5. The Hall–Kier alpha value is -2.87. The van der Waals surface area contributed by atoms with Gasteiger partial charge in [0.15, 0.2) is 0 Å². The van der Waals surface area contributed by atoms with Crippen molar-refractivity contribution < 1.29 is 19.0 Å². The molecule has 2 aromatic heterocycles. The molecule has 0 amide bonds. The second-order valence-electron chi connectivity index (χ2n) is 7.00. The third kappa shape index (κ3) is 4.44. The van der Waals surface area contributed by atoms with Crippen molar-refractivity contribution in [2.45, 2.75) is 19.6 Å². The number of methoxy groups -OCH3 is 1. The third-order valence-electron chi connectivity index (χ3n) is 5.09. The molecule has 31 heavy (non-hydrogen) atoms. The van der Waals surface area contributed by atoms with Crippen molar-refractivity contribution in [2.75, 3.05) is 7.11 Å². The molecule has 2 aromatic carbocycles. The van der Waals surface area contributed by atoms with Crippen LogP contribution in [-0.2, 0) is 19.6 Å². The van der Waals surface area contributed by atoms with Crippen molar-refractivity contribution in [3.63, 3.8) is 0 Å². The molecular formula is C23H19ClFN2O3S-. The van der Waals surface area contributed by atoms with E-state index in [0.717, 1.165) is 10.3 Å². The van der Waals surface area contributed by atoms with Gasteiger partial charge >= 0.3 is 0 Å². The first-order valence-corrected chi connectivity index (χ1v) is 10.8. The molecule has 0 aliphatic carbocycles. The number of aromatic nitrogens is 1. The predicted octanol–water partition coefficient (Wildman–Crippen LogP) is 4.21. The molecule has 0 bridgehead atoms. The van der Waals surface area contributed by atoms with Gasteiger partial charge in [-0.05, 0) is 41.3 Å². The predicted molar refractivity (Wildman–Crippen MR) is 118 cm³/mol. The maximum Gasteiger partial charge on any atom is 0.124 e. The van der Waals surface area contributed by atoms with E-state index in [0.29, 0.717) is 35.5 Å². The summed E-state index contributed by atoms with van der Waals surface area (Å²) in [7, 11) is 1.55. The zero-order chi connectivity index (χ0) is 22.0. The van der Waals surface area contributed by atoms with Gasteiger partial charge in [-0.25, -0.2) is 4.39 Å². The van der Waals surface area contributed by atoms with Gasteiger partial charge in [-0.3, -0.25) is 0 Å². The Morgan fingerprint density at radius 2 is 2.06 bits per heavy atom. The summed E-state index contributed by atoms with van der Waals surface area (Å²) >= 11 is 7.84. The number of hydrogen-bond donors (Lipinski definition) is 1. The van der Waals surface area contributed by atoms with Gasteiger partial charge in [0.25, 0.3) is 0 Å². The molecule has 0 saturated carbocycles. The summed E-state index contributed by atoms with van der Waals surface area (Å²) in [5, 5.41) is 18.5. The van der Waals surface area contributed by atoms with Crippen molar-refractivity contribution >= 4 is 39.8 Å². The van der Waals surface area contributed by atoms with Gasteiger partial charge in [0.1, 0.15) is 11.6 Å². The molecule has 0 aliphatic rings. The van der Waals surface area contributed by atoms with Gasteiger partial charge in [-0.1, -0.05) is 23.7 Å². The van der Waals surface area contributed by atoms with E-state index in [1.165, 1.54) is 12.1 Å². The zero-order valence-corrected chi connectivity index (χ0v) is 18.2. The molecule has 5 nitrogen and oxygen atoms in total. The molecule has 0 aliphatic heterocycles. The monoisotopic (exact) mass is 457 g/mol. The van der Waals surface area contributed by atoms with Crippen molar-refractivity contribution in [2.24, 2.45) is 0 Å². The van der Waals surface area contributed by atoms with Crippen LogP contribution in [0.3, 0.4) is 0 Å². The number of ether oxygens (including phenoxy) is 1. The molecule has 2 heterocycles. The highest BCUT2D eigenvalue weighted by atomic mass is 35.5. The lowest BCUT2D eigenvalue weighted by molar-refractivity contribution is -0.255. The quantitative estimate of drug-likeness (QED) is 0.430. The lowest BCUT2D eigenvalue weighted by atomic mass is 10.1. The standard InChI is InChI=1S/C23H20ClFN2O3S/c1-30-16-6-7-18-19(12-26-11-17-3-2-8-31-17)22(23(28)29)27(21(18)10-16)13-14-4-5-15(25)9-20(14)24/h2-10,26H,11-13H2,1H3,(H,28,29)/p-1. The molecule has 0 spiro atoms. The van der Waals surface area contributed by atoms with Gasteiger partial charge in [-0.2, -0.15) is 0 Å². The van der Waals surface area contributed by atoms with Crippen LogP contribution >= 0.6 is 22.9 Å². The number of aromatic carboxylic acids is 1. The maximum absolute atomic E-state index is 13.5. The van der Waals surface area contributed by atoms with Gasteiger partial charge in [0, 0.05) is 46.6 Å². The van der Waals surface area contributed by atoms with E-state index in [2.05, 4.69) is 5.32 Å². The first-order chi connectivity index (χ1) is 15.0. The summed E-state index contributed by atoms with van der Waals surface area (Å²) in [4.78, 5) is 13.4. The van der Waals surface area contributed by atoms with Gasteiger partial charge < -0.3 is 24.5 Å². The third-order valence-corrected chi connectivity index (χ3v) is 6.32. The SMILES string of the molecule is COc1ccc2c(CNCc3cccs3)c(C(=O)[O-])n(Cc3ccc(F)cc3Cl)c2c1. The van der Waals surface area contributed by atoms with Crippen molar-refractivity contribution in [1.29, 1.82) is 0 Å². The fourth-order valence-corrected chi connectivity index (χ4v) is 4.55. The van der Waals surface area contributed by atoms with Crippen LogP contribution in [0.1, 0.15) is 26.5 Å². The Labute approximate surface area is 187 Å². The fourth-order valence-electron chi connectivity index (χ4n) is 3.65. The molecule has 4 aromatic rings. The highest BCUT2D eigenvalue weighted by molar-refractivity contribution is 7.09. The van der Waals surface area contributed by atoms with E-state index in [-0.39, 0.29) is 17.3 Å². The van der Waals surface area contributed by atoms with Crippen LogP contribution in [0.4, 0.5) is 4.39 Å². The maximum atomic E-state index is 13.5. The van der Waals surface area contributed by atoms with Gasteiger partial charge in [0.05, 0.1) is 24.3 Å². The smallest absolute Gasteiger partial charge is 0.124 e. The molecule has 0 unspecified atom stereocenters. The molecule has 160 valence electrons. The van der Waals surface area contributed by atoms with Gasteiger partial charge in [-0.15, -0.1) is 11.3 Å². The number of carboxylic acid groups (broad SMARTS) is 1. The minimum Gasteiger partial charge on any atom is -0.543 e. The number of carboxylic acids is 1. The van der Waals surface area contributed by atoms with Gasteiger partial charge in [0.2, 0.25) is 0 Å². The highest BCUT2D eigenvalue weighted by Gasteiger charge is 2.19. The summed E-state index contributed by atoms with van der Waals surface area (Å²) in [5.41, 5.74) is 1.95. The molecule has 1 N–H and O–H groups in total. The molecule has 0 saturated heterocycles. The van der Waals surface area contributed by atoms with E-state index >= 15 is 0 Å². The molecule has 4 rings (SSSR count). The minimum atomic E-state index is -1.29. The number of halogens is 2. The number of carbonyl (C=O) groups excluding carboxylic acids is 1. The lowest BCUT2D eigenvalue weighted by Gasteiger charge is -2.14. The van der Waals surface area contributed by atoms with Crippen LogP contribution in [0.15, 0.2) is 53.9 Å². The molecule has 8 heteroatoms. The Morgan fingerprint density at radius 1 is 1.23 bits per heavy atom. The molecule has 0 fully saturated rings. The lowest BCUT2D eigenvalue weighted by Crippen LogP contribution is -2.28. The largest absolute Gasteiger partial charge is 0.543 e. The van der Waals surface area contributed by atoms with Crippen LogP contribution in [0.5, 0.6) is 5.75 Å². The van der Waals surface area contributed by atoms with Crippen molar-refractivity contribution in [1.82, 2.24) is 9.88 Å². The summed E-state index contributed by atoms with van der Waals surface area (Å²) in [6.07, 6.45) is 0. The van der Waals surface area contributed by atoms with Crippen LogP contribution in [-0.4, -0.2) is 17.6 Å². The second kappa shape index (κ2) is 9.09. The van der Waals surface area contributed by atoms with E-state index in [9.17, 15) is 14.3 Å². The average molecular weight is 458 g/mol. The first-order valence-electron chi connectivity index (χ1n) is 9.55. The van der Waals surface area contributed by atoms with Crippen LogP contribution < -0.4 is 15.2 Å². The van der Waals surface area contributed by atoms with Crippen molar-refractivity contribution in [3.8, 4) is 5.75 Å². The number of carbonyl (C=O) groups is 1. The summed E-state index contributed by atoms with van der Waals surface area (Å²) in [5.74, 6) is -1.15. The normalized spacial score (nSPS) is 11.2. The van der Waals surface area contributed by atoms with Crippen LogP contribution in [0.2, 0.25) is 5.02 Å². The van der Waals surface area contributed by atoms with Crippen molar-refractivity contribution in [3.05, 3.63) is 86.4 Å². The number of nitrogens with one attached hydrogen (secondary N) is 1. The number of rotatable bonds is 8. The first kappa shape index (κ1) is 21.4. The van der Waals surface area contributed by atoms with E-state index in [4.69, 9.17) is 16.3 Å². The number of benzene rings is 2. The molecule has 0 radical (unpaired) electrons. The Kier molecular flexibility index (Phi) is 6.27. The van der Waals surface area contributed by atoms with Crippen LogP contribution in [0, 0.1) is 5.82 Å². The Balaban J connectivity index is 1.80. The molecular weight excluding hydrogens is 439 g/mol. The number of thiophene rings is 1. The molecule has 0 atom stereocenters.